The van der Waals surface area contributed by atoms with Gasteiger partial charge in [-0.1, -0.05) is 6.07 Å². The zero-order valence-corrected chi connectivity index (χ0v) is 16.9. The number of hydrogen-bond donors (Lipinski definition) is 0. The Labute approximate surface area is 174 Å². The number of tetrazole rings is 1. The molecule has 0 spiro atoms. The van der Waals surface area contributed by atoms with E-state index in [-0.39, 0.29) is 18.6 Å². The highest BCUT2D eigenvalue weighted by Gasteiger charge is 2.32. The maximum absolute atomic E-state index is 13.0. The second-order valence-electron chi connectivity index (χ2n) is 6.89. The van der Waals surface area contributed by atoms with Crippen molar-refractivity contribution >= 4 is 5.91 Å². The largest absolute Gasteiger partial charge is 0.497 e. The van der Waals surface area contributed by atoms with Crippen LogP contribution in [0.1, 0.15) is 24.4 Å². The van der Waals surface area contributed by atoms with Gasteiger partial charge in [0.25, 0.3) is 5.91 Å². The molecule has 1 aliphatic rings. The number of rotatable bonds is 7. The quantitative estimate of drug-likeness (QED) is 0.592. The van der Waals surface area contributed by atoms with E-state index in [4.69, 9.17) is 14.2 Å². The van der Waals surface area contributed by atoms with E-state index in [9.17, 15) is 4.79 Å². The van der Waals surface area contributed by atoms with Crippen LogP contribution >= 0.6 is 0 Å². The van der Waals surface area contributed by atoms with Gasteiger partial charge in [0, 0.05) is 18.2 Å². The number of benzene rings is 2. The monoisotopic (exact) mass is 409 g/mol. The van der Waals surface area contributed by atoms with Crippen molar-refractivity contribution in [3.05, 3.63) is 54.4 Å². The summed E-state index contributed by atoms with van der Waals surface area (Å²) in [5, 5.41) is 11.1. The molecule has 1 aliphatic heterocycles. The minimum Gasteiger partial charge on any atom is -0.497 e. The Bertz CT molecular complexity index is 1010. The highest BCUT2D eigenvalue weighted by Crippen LogP contribution is 2.39. The first-order valence-electron chi connectivity index (χ1n) is 9.67. The fourth-order valence-corrected chi connectivity index (χ4v) is 3.71. The lowest BCUT2D eigenvalue weighted by molar-refractivity contribution is -0.134. The van der Waals surface area contributed by atoms with Crippen molar-refractivity contribution in [3.63, 3.8) is 0 Å². The average molecular weight is 409 g/mol. The molecule has 1 atom stereocenters. The lowest BCUT2D eigenvalue weighted by Gasteiger charge is -2.26. The molecule has 156 valence electrons. The molecule has 30 heavy (non-hydrogen) atoms. The number of hydrogen-bond acceptors (Lipinski definition) is 7. The molecular formula is C21H23N5O4. The van der Waals surface area contributed by atoms with Crippen LogP contribution < -0.4 is 14.2 Å². The van der Waals surface area contributed by atoms with Gasteiger partial charge < -0.3 is 19.1 Å². The third-order valence-corrected chi connectivity index (χ3v) is 5.16. The first kappa shape index (κ1) is 19.7. The number of nitrogens with zero attached hydrogens (tertiary/aromatic N) is 5. The van der Waals surface area contributed by atoms with E-state index in [1.54, 1.807) is 26.4 Å². The number of amides is 1. The van der Waals surface area contributed by atoms with Crippen LogP contribution in [0.4, 0.5) is 0 Å². The molecule has 1 aromatic heterocycles. The van der Waals surface area contributed by atoms with Gasteiger partial charge in [-0.2, -0.15) is 0 Å². The van der Waals surface area contributed by atoms with Crippen molar-refractivity contribution < 1.29 is 19.0 Å². The predicted octanol–water partition coefficient (Wildman–Crippen LogP) is 2.42. The van der Waals surface area contributed by atoms with Crippen molar-refractivity contribution in [3.8, 4) is 22.9 Å². The van der Waals surface area contributed by atoms with Gasteiger partial charge in [0.05, 0.1) is 25.9 Å². The molecule has 0 unspecified atom stereocenters. The fraction of sp³-hybridized carbons (Fsp3) is 0.333. The molecule has 9 heteroatoms. The number of carbonyl (C=O) groups excluding carboxylic acids is 1. The summed E-state index contributed by atoms with van der Waals surface area (Å²) >= 11 is 0. The lowest BCUT2D eigenvalue weighted by atomic mass is 10.0. The maximum atomic E-state index is 13.0. The zero-order valence-electron chi connectivity index (χ0n) is 16.9. The molecular weight excluding hydrogens is 386 g/mol. The van der Waals surface area contributed by atoms with Gasteiger partial charge in [0.2, 0.25) is 0 Å². The van der Waals surface area contributed by atoms with Crippen molar-refractivity contribution in [2.24, 2.45) is 0 Å². The molecule has 1 fully saturated rings. The van der Waals surface area contributed by atoms with E-state index >= 15 is 0 Å². The SMILES string of the molecule is COc1ccc(OC)c([C@H]2CCCN2C(=O)COc2cccc(-n3cnnn3)c2)c1. The minimum atomic E-state index is -0.0739. The predicted molar refractivity (Wildman–Crippen MR) is 108 cm³/mol. The Kier molecular flexibility index (Phi) is 5.78. The van der Waals surface area contributed by atoms with Crippen molar-refractivity contribution in [2.45, 2.75) is 18.9 Å². The Morgan fingerprint density at radius 2 is 2.03 bits per heavy atom. The Hall–Kier alpha value is -3.62. The summed E-state index contributed by atoms with van der Waals surface area (Å²) in [5.74, 6) is 1.98. The number of methoxy groups -OCH3 is 2. The normalized spacial score (nSPS) is 15.8. The van der Waals surface area contributed by atoms with Gasteiger partial charge in [-0.3, -0.25) is 4.79 Å². The van der Waals surface area contributed by atoms with E-state index in [1.165, 1.54) is 11.0 Å². The second kappa shape index (κ2) is 8.81. The van der Waals surface area contributed by atoms with E-state index in [1.807, 2.05) is 35.2 Å². The van der Waals surface area contributed by atoms with Crippen molar-refractivity contribution in [2.75, 3.05) is 27.4 Å². The molecule has 0 N–H and O–H groups in total. The van der Waals surface area contributed by atoms with Crippen LogP contribution in [0, 0.1) is 0 Å². The summed E-state index contributed by atoms with van der Waals surface area (Å²) in [6.45, 7) is 0.625. The molecule has 0 bridgehead atoms. The molecule has 0 radical (unpaired) electrons. The van der Waals surface area contributed by atoms with Crippen molar-refractivity contribution in [1.29, 1.82) is 0 Å². The lowest BCUT2D eigenvalue weighted by Crippen LogP contribution is -2.34. The summed E-state index contributed by atoms with van der Waals surface area (Å²) in [7, 11) is 3.26. The van der Waals surface area contributed by atoms with Gasteiger partial charge >= 0.3 is 0 Å². The van der Waals surface area contributed by atoms with Crippen LogP contribution in [0.15, 0.2) is 48.8 Å². The summed E-state index contributed by atoms with van der Waals surface area (Å²) < 4.78 is 18.2. The van der Waals surface area contributed by atoms with Gasteiger partial charge in [-0.15, -0.1) is 5.10 Å². The standard InChI is InChI=1S/C21H23N5O4/c1-28-16-8-9-20(29-2)18(12-16)19-7-4-10-25(19)21(27)13-30-17-6-3-5-15(11-17)26-14-22-23-24-26/h3,5-6,8-9,11-12,14,19H,4,7,10,13H2,1-2H3/t19-/m1/s1. The number of carbonyl (C=O) groups is 1. The third-order valence-electron chi connectivity index (χ3n) is 5.16. The molecule has 0 saturated carbocycles. The number of aromatic nitrogens is 4. The Morgan fingerprint density at radius 3 is 2.80 bits per heavy atom. The summed E-state index contributed by atoms with van der Waals surface area (Å²) in [6, 6.07) is 12.9. The first-order valence-corrected chi connectivity index (χ1v) is 9.67. The number of ether oxygens (including phenoxy) is 3. The van der Waals surface area contributed by atoms with E-state index in [0.29, 0.717) is 12.3 Å². The molecule has 9 nitrogen and oxygen atoms in total. The minimum absolute atomic E-state index is 0.0537. The maximum Gasteiger partial charge on any atom is 0.261 e. The smallest absolute Gasteiger partial charge is 0.261 e. The van der Waals surface area contributed by atoms with Gasteiger partial charge in [0.1, 0.15) is 23.6 Å². The summed E-state index contributed by atoms with van der Waals surface area (Å²) in [5.41, 5.74) is 1.70. The van der Waals surface area contributed by atoms with E-state index in [2.05, 4.69) is 15.5 Å². The second-order valence-corrected chi connectivity index (χ2v) is 6.89. The number of likely N-dealkylation sites (tertiary alicyclic amines) is 1. The van der Waals surface area contributed by atoms with Crippen LogP contribution in [0.2, 0.25) is 0 Å². The summed E-state index contributed by atoms with van der Waals surface area (Å²) in [4.78, 5) is 14.8. The molecule has 0 aliphatic carbocycles. The highest BCUT2D eigenvalue weighted by atomic mass is 16.5. The first-order chi connectivity index (χ1) is 14.7. The third kappa shape index (κ3) is 4.05. The van der Waals surface area contributed by atoms with Crippen molar-refractivity contribution in [1.82, 2.24) is 25.1 Å². The van der Waals surface area contributed by atoms with Gasteiger partial charge in [-0.05, 0) is 53.6 Å². The van der Waals surface area contributed by atoms with Crippen LogP contribution in [0.3, 0.4) is 0 Å². The summed E-state index contributed by atoms with van der Waals surface area (Å²) in [6.07, 6.45) is 3.29. The van der Waals surface area contributed by atoms with Crippen LogP contribution in [0.5, 0.6) is 17.2 Å². The van der Waals surface area contributed by atoms with E-state index < -0.39 is 0 Å². The van der Waals surface area contributed by atoms with Gasteiger partial charge in [0.15, 0.2) is 6.61 Å². The van der Waals surface area contributed by atoms with Crippen LogP contribution in [-0.4, -0.2) is 58.4 Å². The molecule has 4 rings (SSSR count). The van der Waals surface area contributed by atoms with Crippen LogP contribution in [0.25, 0.3) is 5.69 Å². The molecule has 1 saturated heterocycles. The van der Waals surface area contributed by atoms with Gasteiger partial charge in [-0.25, -0.2) is 4.68 Å². The topological polar surface area (TPSA) is 91.6 Å². The molecule has 3 aromatic rings. The molecule has 2 heterocycles. The molecule has 2 aromatic carbocycles. The zero-order chi connectivity index (χ0) is 20.9. The Balaban J connectivity index is 1.47. The highest BCUT2D eigenvalue weighted by molar-refractivity contribution is 5.78. The van der Waals surface area contributed by atoms with Crippen LogP contribution in [-0.2, 0) is 4.79 Å². The Morgan fingerprint density at radius 1 is 1.13 bits per heavy atom. The average Bonchev–Trinajstić information content (AvgIpc) is 3.49. The fourth-order valence-electron chi connectivity index (χ4n) is 3.71. The van der Waals surface area contributed by atoms with E-state index in [0.717, 1.165) is 35.6 Å². The molecule has 1 amide bonds.